The molecule has 0 aromatic heterocycles. The van der Waals surface area contributed by atoms with Crippen molar-refractivity contribution < 1.29 is 0 Å². The van der Waals surface area contributed by atoms with Gasteiger partial charge in [-0.15, -0.1) is 0 Å². The van der Waals surface area contributed by atoms with Gasteiger partial charge in [0.05, 0.1) is 0 Å². The molecule has 0 bridgehead atoms. The third-order valence-corrected chi connectivity index (χ3v) is 1.07. The van der Waals surface area contributed by atoms with Gasteiger partial charge in [-0.1, -0.05) is 6.92 Å². The maximum absolute atomic E-state index is 3.15. The van der Waals surface area contributed by atoms with Crippen molar-refractivity contribution in [2.24, 2.45) is 0 Å². The van der Waals surface area contributed by atoms with Gasteiger partial charge >= 0.3 is 0 Å². The van der Waals surface area contributed by atoms with E-state index >= 15 is 0 Å². The number of nitrogens with one attached hydrogen (secondary N) is 1. The first-order valence-electron chi connectivity index (χ1n) is 3.47. The number of rotatable bonds is 5. The molecule has 0 aliphatic rings. The summed E-state index contributed by atoms with van der Waals surface area (Å²) in [6, 6.07) is 0. The van der Waals surface area contributed by atoms with Gasteiger partial charge in [-0.2, -0.15) is 0 Å². The first kappa shape index (κ1) is 8.92. The van der Waals surface area contributed by atoms with E-state index in [1.54, 1.807) is 0 Å². The van der Waals surface area contributed by atoms with Crippen LogP contribution in [0.3, 0.4) is 0 Å². The van der Waals surface area contributed by atoms with Crippen molar-refractivity contribution in [1.29, 1.82) is 0 Å². The van der Waals surface area contributed by atoms with Crippen LogP contribution in [0.1, 0.15) is 13.3 Å². The lowest BCUT2D eigenvalue weighted by atomic mass is 10.4. The Labute approximate surface area is 58.2 Å². The lowest BCUT2D eigenvalue weighted by Crippen LogP contribution is -2.17. The van der Waals surface area contributed by atoms with Gasteiger partial charge in [-0.05, 0) is 33.6 Å². The minimum Gasteiger partial charge on any atom is -0.313 e. The summed E-state index contributed by atoms with van der Waals surface area (Å²) in [6.07, 6.45) is 1.13. The van der Waals surface area contributed by atoms with Crippen molar-refractivity contribution in [2.45, 2.75) is 13.3 Å². The van der Waals surface area contributed by atoms with Gasteiger partial charge in [0.25, 0.3) is 0 Å². The molecule has 0 unspecified atom stereocenters. The largest absolute Gasteiger partial charge is 0.313 e. The maximum Gasteiger partial charge on any atom is 0.0233 e. The van der Waals surface area contributed by atoms with Gasteiger partial charge in [0.15, 0.2) is 0 Å². The van der Waals surface area contributed by atoms with Crippen molar-refractivity contribution in [3.05, 3.63) is 6.54 Å². The number of hydrogen-bond acceptors (Lipinski definition) is 2. The highest BCUT2D eigenvalue weighted by molar-refractivity contribution is 4.61. The molecule has 0 fully saturated rings. The Bertz CT molecular complexity index is 52.9. The number of nitrogens with zero attached hydrogens (tertiary/aromatic N) is 1. The Kier molecular flexibility index (Phi) is 5.99. The SMILES string of the molecule is CCN[CH]CCN(C)C. The van der Waals surface area contributed by atoms with Crippen LogP contribution in [0.15, 0.2) is 0 Å². The molecule has 2 heteroatoms. The maximum atomic E-state index is 3.15. The van der Waals surface area contributed by atoms with Crippen LogP contribution in [-0.2, 0) is 0 Å². The van der Waals surface area contributed by atoms with Crippen LogP contribution >= 0.6 is 0 Å². The predicted octanol–water partition coefficient (Wildman–Crippen LogP) is 0.709. The predicted molar refractivity (Wildman–Crippen MR) is 41.1 cm³/mol. The summed E-state index contributed by atoms with van der Waals surface area (Å²) in [5.74, 6) is 0. The minimum atomic E-state index is 1.04. The van der Waals surface area contributed by atoms with Gasteiger partial charge in [-0.25, -0.2) is 0 Å². The second kappa shape index (κ2) is 6.05. The highest BCUT2D eigenvalue weighted by atomic mass is 15.0. The second-order valence-corrected chi connectivity index (χ2v) is 2.35. The summed E-state index contributed by atoms with van der Waals surface area (Å²) in [6.45, 7) is 6.38. The molecule has 0 aromatic carbocycles. The fraction of sp³-hybridized carbons (Fsp3) is 0.857. The first-order chi connectivity index (χ1) is 4.27. The third-order valence-electron chi connectivity index (χ3n) is 1.07. The van der Waals surface area contributed by atoms with Crippen molar-refractivity contribution in [3.63, 3.8) is 0 Å². The van der Waals surface area contributed by atoms with E-state index in [9.17, 15) is 0 Å². The summed E-state index contributed by atoms with van der Waals surface area (Å²) in [5, 5.41) is 3.15. The Morgan fingerprint density at radius 3 is 2.56 bits per heavy atom. The summed E-state index contributed by atoms with van der Waals surface area (Å²) in [5.41, 5.74) is 0. The minimum absolute atomic E-state index is 1.04. The topological polar surface area (TPSA) is 15.3 Å². The van der Waals surface area contributed by atoms with E-state index in [4.69, 9.17) is 0 Å². The first-order valence-corrected chi connectivity index (χ1v) is 3.47. The molecule has 9 heavy (non-hydrogen) atoms. The Balaban J connectivity index is 2.75. The zero-order valence-electron chi connectivity index (χ0n) is 6.65. The second-order valence-electron chi connectivity index (χ2n) is 2.35. The van der Waals surface area contributed by atoms with Gasteiger partial charge < -0.3 is 10.2 Å². The molecule has 55 valence electrons. The molecule has 2 nitrogen and oxygen atoms in total. The molecule has 0 spiro atoms. The van der Waals surface area contributed by atoms with Gasteiger partial charge in [-0.3, -0.25) is 0 Å². The van der Waals surface area contributed by atoms with Crippen molar-refractivity contribution >= 4 is 0 Å². The summed E-state index contributed by atoms with van der Waals surface area (Å²) in [7, 11) is 4.17. The summed E-state index contributed by atoms with van der Waals surface area (Å²) >= 11 is 0. The van der Waals surface area contributed by atoms with Gasteiger partial charge in [0.1, 0.15) is 0 Å². The smallest absolute Gasteiger partial charge is 0.0233 e. The van der Waals surface area contributed by atoms with Crippen LogP contribution in [0.25, 0.3) is 0 Å². The Morgan fingerprint density at radius 1 is 1.44 bits per heavy atom. The van der Waals surface area contributed by atoms with E-state index in [0.717, 1.165) is 19.5 Å². The summed E-state index contributed by atoms with van der Waals surface area (Å²) < 4.78 is 0. The average molecular weight is 129 g/mol. The van der Waals surface area contributed by atoms with Crippen LogP contribution in [0.4, 0.5) is 0 Å². The molecule has 0 atom stereocenters. The molecular weight excluding hydrogens is 112 g/mol. The van der Waals surface area contributed by atoms with Gasteiger partial charge in [0, 0.05) is 6.54 Å². The van der Waals surface area contributed by atoms with E-state index in [1.807, 2.05) is 0 Å². The molecular formula is C7H17N2. The highest BCUT2D eigenvalue weighted by Crippen LogP contribution is 1.83. The molecule has 0 aromatic rings. The highest BCUT2D eigenvalue weighted by Gasteiger charge is 1.87. The molecule has 0 saturated carbocycles. The Morgan fingerprint density at radius 2 is 2.11 bits per heavy atom. The molecule has 0 heterocycles. The van der Waals surface area contributed by atoms with Crippen molar-refractivity contribution in [3.8, 4) is 0 Å². The molecule has 0 aliphatic carbocycles. The van der Waals surface area contributed by atoms with Crippen LogP contribution in [0.5, 0.6) is 0 Å². The Hall–Kier alpha value is -0.0800. The van der Waals surface area contributed by atoms with Crippen molar-refractivity contribution in [1.82, 2.24) is 10.2 Å². The molecule has 1 radical (unpaired) electrons. The van der Waals surface area contributed by atoms with E-state index in [-0.39, 0.29) is 0 Å². The third kappa shape index (κ3) is 7.92. The summed E-state index contributed by atoms with van der Waals surface area (Å²) in [4.78, 5) is 2.17. The zero-order valence-corrected chi connectivity index (χ0v) is 6.65. The van der Waals surface area contributed by atoms with E-state index in [0.29, 0.717) is 0 Å². The van der Waals surface area contributed by atoms with Gasteiger partial charge in [0.2, 0.25) is 0 Å². The lowest BCUT2D eigenvalue weighted by Gasteiger charge is -2.07. The average Bonchev–Trinajstić information content (AvgIpc) is 1.80. The molecule has 0 saturated heterocycles. The number of hydrogen-bond donors (Lipinski definition) is 1. The quantitative estimate of drug-likeness (QED) is 0.550. The molecule has 0 aliphatic heterocycles. The van der Waals surface area contributed by atoms with Crippen LogP contribution in [-0.4, -0.2) is 32.1 Å². The molecule has 0 amide bonds. The lowest BCUT2D eigenvalue weighted by molar-refractivity contribution is 0.407. The van der Waals surface area contributed by atoms with Crippen LogP contribution in [0.2, 0.25) is 0 Å². The normalized spacial score (nSPS) is 10.7. The monoisotopic (exact) mass is 129 g/mol. The molecule has 1 N–H and O–H groups in total. The van der Waals surface area contributed by atoms with E-state index < -0.39 is 0 Å². The van der Waals surface area contributed by atoms with Crippen LogP contribution in [0, 0.1) is 6.54 Å². The fourth-order valence-corrected chi connectivity index (χ4v) is 0.569. The fourth-order valence-electron chi connectivity index (χ4n) is 0.569. The van der Waals surface area contributed by atoms with E-state index in [2.05, 4.69) is 37.8 Å². The molecule has 0 rings (SSSR count). The van der Waals surface area contributed by atoms with Crippen molar-refractivity contribution in [2.75, 3.05) is 27.2 Å². The van der Waals surface area contributed by atoms with Crippen LogP contribution < -0.4 is 5.32 Å². The standard InChI is InChI=1S/C7H17N2/c1-4-8-6-5-7-9(2)3/h6,8H,4-5,7H2,1-3H3. The van der Waals surface area contributed by atoms with E-state index in [1.165, 1.54) is 0 Å². The zero-order chi connectivity index (χ0) is 7.11.